The molecule has 1 saturated heterocycles. The zero-order valence-electron chi connectivity index (χ0n) is 13.3. The monoisotopic (exact) mass is 333 g/mol. The van der Waals surface area contributed by atoms with Crippen molar-refractivity contribution in [3.63, 3.8) is 0 Å². The van der Waals surface area contributed by atoms with Gasteiger partial charge in [0.2, 0.25) is 11.8 Å². The van der Waals surface area contributed by atoms with Gasteiger partial charge in [-0.15, -0.1) is 11.3 Å². The molecule has 1 N–H and O–H groups in total. The van der Waals surface area contributed by atoms with Gasteiger partial charge in [-0.2, -0.15) is 5.10 Å². The van der Waals surface area contributed by atoms with E-state index in [1.807, 2.05) is 27.0 Å². The Hall–Kier alpha value is -2.22. The molecule has 2 amide bonds. The Morgan fingerprint density at radius 2 is 2.22 bits per heavy atom. The van der Waals surface area contributed by atoms with Gasteiger partial charge in [-0.25, -0.2) is 4.98 Å². The quantitative estimate of drug-likeness (QED) is 0.930. The molecular formula is C15H19N5O2S. The van der Waals surface area contributed by atoms with Crippen LogP contribution < -0.4 is 10.2 Å². The van der Waals surface area contributed by atoms with Gasteiger partial charge in [0.1, 0.15) is 0 Å². The molecule has 3 rings (SSSR count). The van der Waals surface area contributed by atoms with Crippen molar-refractivity contribution in [3.8, 4) is 0 Å². The van der Waals surface area contributed by atoms with Crippen molar-refractivity contribution >= 4 is 34.0 Å². The second kappa shape index (κ2) is 6.11. The van der Waals surface area contributed by atoms with Crippen LogP contribution >= 0.6 is 11.3 Å². The van der Waals surface area contributed by atoms with Crippen LogP contribution in [-0.4, -0.2) is 33.1 Å². The van der Waals surface area contributed by atoms with Gasteiger partial charge < -0.3 is 10.2 Å². The Morgan fingerprint density at radius 3 is 2.83 bits per heavy atom. The molecule has 1 atom stereocenters. The summed E-state index contributed by atoms with van der Waals surface area (Å²) >= 11 is 1.42. The third-order valence-corrected chi connectivity index (χ3v) is 4.60. The van der Waals surface area contributed by atoms with Crippen molar-refractivity contribution in [1.29, 1.82) is 0 Å². The molecule has 0 bridgehead atoms. The Labute approximate surface area is 138 Å². The molecule has 23 heavy (non-hydrogen) atoms. The van der Waals surface area contributed by atoms with Crippen LogP contribution in [0.25, 0.3) is 0 Å². The average molecular weight is 333 g/mol. The average Bonchev–Trinajstić information content (AvgIpc) is 3.18. The predicted octanol–water partition coefficient (Wildman–Crippen LogP) is 2.22. The number of nitrogens with zero attached hydrogens (tertiary/aromatic N) is 4. The number of nitrogens with one attached hydrogen (secondary N) is 1. The molecule has 0 radical (unpaired) electrons. The van der Waals surface area contributed by atoms with Crippen LogP contribution in [0.4, 0.5) is 10.8 Å². The normalized spacial score (nSPS) is 18.0. The number of rotatable bonds is 4. The minimum atomic E-state index is -0.367. The Bertz CT molecular complexity index is 736. The lowest BCUT2D eigenvalue weighted by atomic mass is 10.1. The second-order valence-electron chi connectivity index (χ2n) is 5.94. The summed E-state index contributed by atoms with van der Waals surface area (Å²) in [6, 6.07) is 0.230. The molecule has 2 aromatic rings. The first-order chi connectivity index (χ1) is 10.9. The molecule has 0 aliphatic carbocycles. The Morgan fingerprint density at radius 1 is 1.43 bits per heavy atom. The van der Waals surface area contributed by atoms with Gasteiger partial charge in [-0.1, -0.05) is 0 Å². The van der Waals surface area contributed by atoms with Crippen molar-refractivity contribution in [2.45, 2.75) is 33.2 Å². The molecule has 1 aliphatic rings. The van der Waals surface area contributed by atoms with E-state index in [0.717, 1.165) is 10.6 Å². The molecule has 1 fully saturated rings. The maximum absolute atomic E-state index is 12.3. The largest absolute Gasteiger partial charge is 0.309 e. The van der Waals surface area contributed by atoms with Gasteiger partial charge in [0, 0.05) is 36.3 Å². The van der Waals surface area contributed by atoms with E-state index in [1.54, 1.807) is 22.0 Å². The molecule has 1 unspecified atom stereocenters. The molecular weight excluding hydrogens is 314 g/mol. The van der Waals surface area contributed by atoms with Crippen molar-refractivity contribution in [3.05, 3.63) is 23.5 Å². The van der Waals surface area contributed by atoms with Crippen molar-refractivity contribution < 1.29 is 9.59 Å². The molecule has 0 saturated carbocycles. The van der Waals surface area contributed by atoms with E-state index < -0.39 is 0 Å². The minimum absolute atomic E-state index is 0.0521. The number of aromatic nitrogens is 3. The van der Waals surface area contributed by atoms with Crippen molar-refractivity contribution in [2.75, 3.05) is 16.8 Å². The van der Waals surface area contributed by atoms with E-state index in [0.29, 0.717) is 11.7 Å². The SMILES string of the molecule is Cc1cnc(NC(=O)C2CC(=O)N(c3cnn(C(C)C)c3)C2)s1. The fourth-order valence-corrected chi connectivity index (χ4v) is 3.17. The van der Waals surface area contributed by atoms with E-state index >= 15 is 0 Å². The molecule has 0 aromatic carbocycles. The molecule has 8 heteroatoms. The summed E-state index contributed by atoms with van der Waals surface area (Å²) in [6.07, 6.45) is 5.44. The van der Waals surface area contributed by atoms with Gasteiger partial charge in [-0.3, -0.25) is 14.3 Å². The summed E-state index contributed by atoms with van der Waals surface area (Å²) in [5, 5.41) is 7.61. The topological polar surface area (TPSA) is 80.1 Å². The Kier molecular flexibility index (Phi) is 4.16. The molecule has 2 aromatic heterocycles. The van der Waals surface area contributed by atoms with Crippen molar-refractivity contribution in [2.24, 2.45) is 5.92 Å². The molecule has 1 aliphatic heterocycles. The third-order valence-electron chi connectivity index (χ3n) is 3.78. The first kappa shape index (κ1) is 15.7. The fourth-order valence-electron chi connectivity index (χ4n) is 2.50. The number of aryl methyl sites for hydroxylation is 1. The summed E-state index contributed by atoms with van der Waals surface area (Å²) in [5.74, 6) is -0.579. The van der Waals surface area contributed by atoms with Crippen LogP contribution in [0.5, 0.6) is 0 Å². The van der Waals surface area contributed by atoms with Gasteiger partial charge in [0.15, 0.2) is 5.13 Å². The lowest BCUT2D eigenvalue weighted by Gasteiger charge is -2.14. The van der Waals surface area contributed by atoms with Crippen LogP contribution in [0.2, 0.25) is 0 Å². The van der Waals surface area contributed by atoms with Crippen LogP contribution in [-0.2, 0) is 9.59 Å². The second-order valence-corrected chi connectivity index (χ2v) is 7.18. The number of amides is 2. The van der Waals surface area contributed by atoms with Gasteiger partial charge in [-0.05, 0) is 20.8 Å². The van der Waals surface area contributed by atoms with Crippen LogP contribution in [0.3, 0.4) is 0 Å². The summed E-state index contributed by atoms with van der Waals surface area (Å²) in [4.78, 5) is 31.3. The van der Waals surface area contributed by atoms with E-state index in [1.165, 1.54) is 11.3 Å². The Balaban J connectivity index is 1.67. The maximum Gasteiger partial charge on any atom is 0.231 e. The minimum Gasteiger partial charge on any atom is -0.309 e. The number of anilines is 2. The number of thiazole rings is 1. The molecule has 7 nitrogen and oxygen atoms in total. The first-order valence-electron chi connectivity index (χ1n) is 7.52. The summed E-state index contributed by atoms with van der Waals surface area (Å²) in [7, 11) is 0. The fraction of sp³-hybridized carbons (Fsp3) is 0.467. The zero-order valence-corrected chi connectivity index (χ0v) is 14.1. The van der Waals surface area contributed by atoms with Gasteiger partial charge >= 0.3 is 0 Å². The van der Waals surface area contributed by atoms with E-state index in [4.69, 9.17) is 0 Å². The molecule has 3 heterocycles. The third kappa shape index (κ3) is 3.26. The maximum atomic E-state index is 12.3. The standard InChI is InChI=1S/C15H19N5O2S/c1-9(2)20-8-12(6-17-20)19-7-11(4-13(19)21)14(22)18-15-16-5-10(3)23-15/h5-6,8-9,11H,4,7H2,1-3H3,(H,16,18,22). The number of hydrogen-bond acceptors (Lipinski definition) is 5. The highest BCUT2D eigenvalue weighted by molar-refractivity contribution is 7.15. The highest BCUT2D eigenvalue weighted by atomic mass is 32.1. The summed E-state index contributed by atoms with van der Waals surface area (Å²) in [5.41, 5.74) is 0.740. The van der Waals surface area contributed by atoms with Crippen molar-refractivity contribution in [1.82, 2.24) is 14.8 Å². The van der Waals surface area contributed by atoms with Gasteiger partial charge in [0.05, 0.1) is 17.8 Å². The lowest BCUT2D eigenvalue weighted by molar-refractivity contribution is -0.122. The highest BCUT2D eigenvalue weighted by Gasteiger charge is 2.36. The predicted molar refractivity (Wildman–Crippen MR) is 88.6 cm³/mol. The summed E-state index contributed by atoms with van der Waals surface area (Å²) in [6.45, 7) is 6.35. The number of carbonyl (C=O) groups is 2. The lowest BCUT2D eigenvalue weighted by Crippen LogP contribution is -2.27. The van der Waals surface area contributed by atoms with E-state index in [-0.39, 0.29) is 30.2 Å². The summed E-state index contributed by atoms with van der Waals surface area (Å²) < 4.78 is 1.80. The molecule has 0 spiro atoms. The van der Waals surface area contributed by atoms with Crippen LogP contribution in [0.1, 0.15) is 31.2 Å². The number of hydrogen-bond donors (Lipinski definition) is 1. The van der Waals surface area contributed by atoms with E-state index in [2.05, 4.69) is 15.4 Å². The van der Waals surface area contributed by atoms with Crippen LogP contribution in [0.15, 0.2) is 18.6 Å². The zero-order chi connectivity index (χ0) is 16.6. The van der Waals surface area contributed by atoms with E-state index in [9.17, 15) is 9.59 Å². The highest BCUT2D eigenvalue weighted by Crippen LogP contribution is 2.27. The van der Waals surface area contributed by atoms with Crippen LogP contribution in [0, 0.1) is 12.8 Å². The van der Waals surface area contributed by atoms with Gasteiger partial charge in [0.25, 0.3) is 0 Å². The molecule has 122 valence electrons. The number of carbonyl (C=O) groups excluding carboxylic acids is 2. The smallest absolute Gasteiger partial charge is 0.231 e. The first-order valence-corrected chi connectivity index (χ1v) is 8.33.